The van der Waals surface area contributed by atoms with Crippen LogP contribution in [0.15, 0.2) is 194 Å². The molecule has 0 bridgehead atoms. The van der Waals surface area contributed by atoms with Crippen LogP contribution in [0.4, 0.5) is 0 Å². The smallest absolute Gasteiger partial charge is 0.0891 e. The molecule has 0 aliphatic rings. The first-order valence-electron chi connectivity index (χ1n) is 19.5. The van der Waals surface area contributed by atoms with Crippen LogP contribution in [0, 0.1) is 0 Å². The average molecular weight is 757 g/mol. The van der Waals surface area contributed by atoms with E-state index in [1.807, 2.05) is 29.8 Å². The molecule has 5 heterocycles. The van der Waals surface area contributed by atoms with E-state index < -0.39 is 0 Å². The van der Waals surface area contributed by atoms with Gasteiger partial charge in [-0.15, -0.1) is 11.3 Å². The molecule has 270 valence electrons. The lowest BCUT2D eigenvalue weighted by molar-refractivity contribution is 1.19. The van der Waals surface area contributed by atoms with E-state index in [2.05, 4.69) is 180 Å². The molecule has 5 aromatic heterocycles. The second-order valence-corrected chi connectivity index (χ2v) is 15.8. The summed E-state index contributed by atoms with van der Waals surface area (Å²) in [5.41, 5.74) is 13.8. The summed E-state index contributed by atoms with van der Waals surface area (Å²) in [6.07, 6.45) is 3.79. The van der Waals surface area contributed by atoms with Crippen molar-refractivity contribution in [2.75, 3.05) is 0 Å². The largest absolute Gasteiger partial charge is 0.308 e. The molecule has 12 rings (SSSR count). The second-order valence-electron chi connectivity index (χ2n) is 14.8. The number of fused-ring (bicyclic) bond motifs is 12. The Kier molecular flexibility index (Phi) is 7.37. The Morgan fingerprint density at radius 1 is 0.431 bits per heavy atom. The van der Waals surface area contributed by atoms with E-state index in [-0.39, 0.29) is 0 Å². The van der Waals surface area contributed by atoms with Gasteiger partial charge in [0.25, 0.3) is 0 Å². The molecule has 0 saturated heterocycles. The third kappa shape index (κ3) is 5.11. The van der Waals surface area contributed by atoms with E-state index >= 15 is 0 Å². The van der Waals surface area contributed by atoms with E-state index in [4.69, 9.17) is 15.0 Å². The summed E-state index contributed by atoms with van der Waals surface area (Å²) in [6, 6.07) is 65.0. The van der Waals surface area contributed by atoms with Crippen molar-refractivity contribution in [3.63, 3.8) is 0 Å². The van der Waals surface area contributed by atoms with Gasteiger partial charge >= 0.3 is 0 Å². The minimum Gasteiger partial charge on any atom is -0.308 e. The van der Waals surface area contributed by atoms with Crippen LogP contribution in [-0.4, -0.2) is 19.5 Å². The molecule has 0 aliphatic carbocycles. The zero-order valence-electron chi connectivity index (χ0n) is 31.2. The molecule has 7 aromatic carbocycles. The molecule has 0 fully saturated rings. The Balaban J connectivity index is 1.24. The maximum Gasteiger partial charge on any atom is 0.0891 e. The van der Waals surface area contributed by atoms with Crippen LogP contribution in [0.2, 0.25) is 0 Å². The Labute approximate surface area is 338 Å². The number of benzene rings is 7. The van der Waals surface area contributed by atoms with Crippen LogP contribution >= 0.6 is 11.3 Å². The molecule has 0 amide bonds. The van der Waals surface area contributed by atoms with Crippen LogP contribution < -0.4 is 0 Å². The van der Waals surface area contributed by atoms with Gasteiger partial charge in [0.05, 0.1) is 44.4 Å². The first kappa shape index (κ1) is 32.7. The van der Waals surface area contributed by atoms with Crippen molar-refractivity contribution < 1.29 is 0 Å². The zero-order chi connectivity index (χ0) is 38.2. The molecule has 58 heavy (non-hydrogen) atoms. The van der Waals surface area contributed by atoms with Gasteiger partial charge in [0.2, 0.25) is 0 Å². The predicted octanol–water partition coefficient (Wildman–Crippen LogP) is 14.3. The summed E-state index contributed by atoms with van der Waals surface area (Å²) < 4.78 is 4.95. The lowest BCUT2D eigenvalue weighted by atomic mass is 9.97. The minimum atomic E-state index is 0.888. The van der Waals surface area contributed by atoms with Gasteiger partial charge in [-0.25, -0.2) is 4.98 Å². The van der Waals surface area contributed by atoms with Gasteiger partial charge in [0.15, 0.2) is 0 Å². The van der Waals surface area contributed by atoms with Crippen LogP contribution in [0.5, 0.6) is 0 Å². The number of hydrogen-bond acceptors (Lipinski definition) is 4. The fourth-order valence-corrected chi connectivity index (χ4v) is 10.1. The summed E-state index contributed by atoms with van der Waals surface area (Å²) in [4.78, 5) is 15.4. The van der Waals surface area contributed by atoms with Gasteiger partial charge in [0, 0.05) is 60.0 Å². The topological polar surface area (TPSA) is 43.6 Å². The van der Waals surface area contributed by atoms with Crippen molar-refractivity contribution in [1.82, 2.24) is 19.5 Å². The van der Waals surface area contributed by atoms with Gasteiger partial charge < -0.3 is 4.57 Å². The van der Waals surface area contributed by atoms with E-state index in [1.165, 1.54) is 36.5 Å². The van der Waals surface area contributed by atoms with Gasteiger partial charge in [-0.3, -0.25) is 9.97 Å². The monoisotopic (exact) mass is 756 g/mol. The summed E-state index contributed by atoms with van der Waals surface area (Å²) in [6.45, 7) is 0. The molecule has 0 radical (unpaired) electrons. The van der Waals surface area contributed by atoms with Gasteiger partial charge in [-0.1, -0.05) is 133 Å². The summed E-state index contributed by atoms with van der Waals surface area (Å²) in [7, 11) is 0. The van der Waals surface area contributed by atoms with Crippen molar-refractivity contribution in [1.29, 1.82) is 0 Å². The normalized spacial score (nSPS) is 11.8. The Bertz CT molecular complexity index is 3500. The van der Waals surface area contributed by atoms with E-state index in [0.29, 0.717) is 0 Å². The van der Waals surface area contributed by atoms with E-state index in [0.717, 1.165) is 77.8 Å². The van der Waals surface area contributed by atoms with Gasteiger partial charge in [-0.2, -0.15) is 0 Å². The highest BCUT2D eigenvalue weighted by Gasteiger charge is 2.24. The van der Waals surface area contributed by atoms with E-state index in [1.54, 1.807) is 0 Å². The standard InChI is InChI=1S/C53H32N4S/c1-4-15-33(16-5-1)36-27-38(44-31-37(34-17-6-2-7-18-34)30-43(56-44)35-19-8-3-9-20-35)29-39(28-36)57-46-24-12-10-21-41(46)49-48-40-23-14-26-54-45(40)32-55-51(48)50-42-22-11-13-25-47(42)58-53(50)52(49)57/h1-32H. The average Bonchev–Trinajstić information content (AvgIpc) is 3.86. The zero-order valence-corrected chi connectivity index (χ0v) is 32.0. The number of aromatic nitrogens is 4. The second kappa shape index (κ2) is 13.1. The molecule has 0 aliphatic heterocycles. The summed E-state index contributed by atoms with van der Waals surface area (Å²) in [5, 5.41) is 7.01. The highest BCUT2D eigenvalue weighted by molar-refractivity contribution is 7.27. The summed E-state index contributed by atoms with van der Waals surface area (Å²) in [5.74, 6) is 0. The van der Waals surface area contributed by atoms with Gasteiger partial charge in [0.1, 0.15) is 0 Å². The molecule has 12 aromatic rings. The first-order chi connectivity index (χ1) is 28.8. The number of nitrogens with zero attached hydrogens (tertiary/aromatic N) is 4. The number of pyridine rings is 3. The minimum absolute atomic E-state index is 0.888. The molecule has 0 saturated carbocycles. The van der Waals surface area contributed by atoms with Crippen molar-refractivity contribution >= 4 is 75.1 Å². The maximum atomic E-state index is 5.41. The van der Waals surface area contributed by atoms with Crippen molar-refractivity contribution in [3.05, 3.63) is 194 Å². The molecule has 0 atom stereocenters. The number of para-hydroxylation sites is 1. The van der Waals surface area contributed by atoms with Crippen LogP contribution in [-0.2, 0) is 0 Å². The maximum absolute atomic E-state index is 5.41. The number of thiophene rings is 1. The van der Waals surface area contributed by atoms with Crippen LogP contribution in [0.25, 0.3) is 114 Å². The Morgan fingerprint density at radius 2 is 1.03 bits per heavy atom. The van der Waals surface area contributed by atoms with Crippen LogP contribution in [0.1, 0.15) is 0 Å². The van der Waals surface area contributed by atoms with Crippen molar-refractivity contribution in [2.45, 2.75) is 0 Å². The van der Waals surface area contributed by atoms with E-state index in [9.17, 15) is 0 Å². The highest BCUT2D eigenvalue weighted by Crippen LogP contribution is 2.49. The lowest BCUT2D eigenvalue weighted by Crippen LogP contribution is -1.98. The Hall–Kier alpha value is -7.47. The van der Waals surface area contributed by atoms with Gasteiger partial charge in [-0.05, 0) is 70.8 Å². The fourth-order valence-electron chi connectivity index (χ4n) is 8.83. The third-order valence-corrected chi connectivity index (χ3v) is 12.6. The molecule has 5 heteroatoms. The number of rotatable bonds is 5. The quantitative estimate of drug-likeness (QED) is 0.164. The molecular weight excluding hydrogens is 725 g/mol. The molecule has 4 nitrogen and oxygen atoms in total. The SMILES string of the molecule is c1ccc(-c2cc(-c3cc(-c4ccccc4)cc(-c4ccccc4)n3)cc(-n3c4ccccc4c4c5c6cccnc6cnc5c5c6ccccc6sc5c43)c2)cc1. The highest BCUT2D eigenvalue weighted by atomic mass is 32.1. The predicted molar refractivity (Wildman–Crippen MR) is 244 cm³/mol. The third-order valence-electron chi connectivity index (χ3n) is 11.4. The summed E-state index contributed by atoms with van der Waals surface area (Å²) >= 11 is 1.85. The first-order valence-corrected chi connectivity index (χ1v) is 20.3. The van der Waals surface area contributed by atoms with Crippen LogP contribution in [0.3, 0.4) is 0 Å². The number of hydrogen-bond donors (Lipinski definition) is 0. The molecular formula is C53H32N4S. The Morgan fingerprint density at radius 3 is 1.79 bits per heavy atom. The molecule has 0 spiro atoms. The fraction of sp³-hybridized carbons (Fsp3) is 0. The lowest BCUT2D eigenvalue weighted by Gasteiger charge is -2.16. The molecule has 0 N–H and O–H groups in total. The van der Waals surface area contributed by atoms with Crippen molar-refractivity contribution in [2.24, 2.45) is 0 Å². The molecule has 0 unspecified atom stereocenters. The van der Waals surface area contributed by atoms with Crippen molar-refractivity contribution in [3.8, 4) is 50.5 Å².